The molecule has 0 aliphatic heterocycles. The van der Waals surface area contributed by atoms with Crippen molar-refractivity contribution in [2.24, 2.45) is 0 Å². The van der Waals surface area contributed by atoms with Gasteiger partial charge >= 0.3 is 5.69 Å². The highest BCUT2D eigenvalue weighted by atomic mass is 35.5. The van der Waals surface area contributed by atoms with E-state index in [1.54, 1.807) is 18.2 Å². The topological polar surface area (TPSA) is 81.0 Å². The monoisotopic (exact) mass is 326 g/mol. The lowest BCUT2D eigenvalue weighted by atomic mass is 10.1. The third-order valence-corrected chi connectivity index (χ3v) is 3.12. The Balaban J connectivity index is 2.59. The van der Waals surface area contributed by atoms with E-state index >= 15 is 0 Å². The number of aromatic nitrogens is 2. The van der Waals surface area contributed by atoms with Crippen LogP contribution in [0.15, 0.2) is 24.5 Å². The van der Waals surface area contributed by atoms with Crippen molar-refractivity contribution in [3.05, 3.63) is 44.7 Å². The highest BCUT2D eigenvalue weighted by molar-refractivity contribution is 6.35. The molecule has 1 aromatic carbocycles. The van der Waals surface area contributed by atoms with Crippen molar-refractivity contribution < 1.29 is 4.92 Å². The van der Waals surface area contributed by atoms with Crippen LogP contribution in [0.2, 0.25) is 10.0 Å². The van der Waals surface area contributed by atoms with Gasteiger partial charge in [-0.25, -0.2) is 9.97 Å². The fraction of sp³-hybridized carbons (Fsp3) is 0.231. The Morgan fingerprint density at radius 1 is 1.24 bits per heavy atom. The van der Waals surface area contributed by atoms with Crippen molar-refractivity contribution >= 4 is 34.7 Å². The predicted molar refractivity (Wildman–Crippen MR) is 82.9 cm³/mol. The zero-order valence-electron chi connectivity index (χ0n) is 11.1. The number of rotatable bonds is 5. The third-order valence-electron chi connectivity index (χ3n) is 2.68. The van der Waals surface area contributed by atoms with Gasteiger partial charge in [-0.15, -0.1) is 0 Å². The summed E-state index contributed by atoms with van der Waals surface area (Å²) in [5.41, 5.74) is 0.462. The Kier molecular flexibility index (Phi) is 4.93. The smallest absolute Gasteiger partial charge is 0.337 e. The molecule has 2 aromatic rings. The molecule has 1 N–H and O–H groups in total. The number of nitrogens with zero attached hydrogens (tertiary/aromatic N) is 3. The van der Waals surface area contributed by atoms with Crippen molar-refractivity contribution in [3.8, 4) is 11.3 Å². The van der Waals surface area contributed by atoms with Gasteiger partial charge in [0.2, 0.25) is 5.82 Å². The normalized spacial score (nSPS) is 10.4. The third kappa shape index (κ3) is 3.59. The van der Waals surface area contributed by atoms with Crippen LogP contribution in [0, 0.1) is 10.1 Å². The summed E-state index contributed by atoms with van der Waals surface area (Å²) in [6.07, 6.45) is 2.09. The number of hydrogen-bond donors (Lipinski definition) is 1. The molecular formula is C13H12Cl2N4O2. The molecule has 0 saturated heterocycles. The van der Waals surface area contributed by atoms with Gasteiger partial charge in [0.25, 0.3) is 0 Å². The highest BCUT2D eigenvalue weighted by Gasteiger charge is 2.24. The molecule has 1 heterocycles. The number of benzene rings is 1. The first-order valence-corrected chi connectivity index (χ1v) is 6.98. The lowest BCUT2D eigenvalue weighted by Crippen LogP contribution is -2.07. The molecule has 2 rings (SSSR count). The van der Waals surface area contributed by atoms with Gasteiger partial charge in [0, 0.05) is 22.2 Å². The summed E-state index contributed by atoms with van der Waals surface area (Å²) in [4.78, 5) is 18.8. The minimum Gasteiger partial charge on any atom is -0.364 e. The SMILES string of the molecule is CCCNc1ncnc(-c2cc(Cl)cc(Cl)c2)c1[N+](=O)[O-]. The van der Waals surface area contributed by atoms with Crippen LogP contribution >= 0.6 is 23.2 Å². The van der Waals surface area contributed by atoms with Crippen LogP contribution in [0.3, 0.4) is 0 Å². The average molecular weight is 327 g/mol. The van der Waals surface area contributed by atoms with E-state index in [1.807, 2.05) is 6.92 Å². The van der Waals surface area contributed by atoms with Gasteiger partial charge in [-0.1, -0.05) is 30.1 Å². The van der Waals surface area contributed by atoms with E-state index in [0.717, 1.165) is 6.42 Å². The van der Waals surface area contributed by atoms with E-state index in [0.29, 0.717) is 22.2 Å². The summed E-state index contributed by atoms with van der Waals surface area (Å²) in [7, 11) is 0. The minimum atomic E-state index is -0.512. The molecule has 0 fully saturated rings. The van der Waals surface area contributed by atoms with Gasteiger partial charge in [0.1, 0.15) is 6.33 Å². The molecule has 0 aliphatic rings. The molecule has 0 saturated carbocycles. The lowest BCUT2D eigenvalue weighted by molar-refractivity contribution is -0.383. The molecule has 1 aromatic heterocycles. The Bertz CT molecular complexity index is 659. The second-order valence-electron chi connectivity index (χ2n) is 4.26. The first-order chi connectivity index (χ1) is 10.0. The molecule has 0 bridgehead atoms. The van der Waals surface area contributed by atoms with Gasteiger partial charge < -0.3 is 5.32 Å². The van der Waals surface area contributed by atoms with Gasteiger partial charge in [-0.2, -0.15) is 0 Å². The van der Waals surface area contributed by atoms with Crippen LogP contribution in [-0.2, 0) is 0 Å². The van der Waals surface area contributed by atoms with Crippen molar-refractivity contribution in [1.82, 2.24) is 9.97 Å². The summed E-state index contributed by atoms with van der Waals surface area (Å²) in [5.74, 6) is 0.183. The Hall–Kier alpha value is -1.92. The molecule has 8 heteroatoms. The summed E-state index contributed by atoms with van der Waals surface area (Å²) in [6, 6.07) is 4.70. The Morgan fingerprint density at radius 2 is 1.90 bits per heavy atom. The maximum Gasteiger partial charge on any atom is 0.337 e. The minimum absolute atomic E-state index is 0.179. The quantitative estimate of drug-likeness (QED) is 0.658. The van der Waals surface area contributed by atoms with E-state index in [2.05, 4.69) is 15.3 Å². The van der Waals surface area contributed by atoms with Crippen LogP contribution < -0.4 is 5.32 Å². The van der Waals surface area contributed by atoms with Gasteiger partial charge in [0.15, 0.2) is 5.69 Å². The van der Waals surface area contributed by atoms with Crippen LogP contribution in [-0.4, -0.2) is 21.4 Å². The molecule has 21 heavy (non-hydrogen) atoms. The zero-order chi connectivity index (χ0) is 15.4. The highest BCUT2D eigenvalue weighted by Crippen LogP contribution is 2.35. The predicted octanol–water partition coefficient (Wildman–Crippen LogP) is 4.18. The van der Waals surface area contributed by atoms with Gasteiger partial charge in [-0.3, -0.25) is 10.1 Å². The van der Waals surface area contributed by atoms with E-state index < -0.39 is 4.92 Å². The number of hydrogen-bond acceptors (Lipinski definition) is 5. The first kappa shape index (κ1) is 15.5. The van der Waals surface area contributed by atoms with Gasteiger partial charge in [-0.05, 0) is 24.6 Å². The van der Waals surface area contributed by atoms with Crippen LogP contribution in [0.5, 0.6) is 0 Å². The largest absolute Gasteiger partial charge is 0.364 e. The van der Waals surface area contributed by atoms with Crippen molar-refractivity contribution in [2.75, 3.05) is 11.9 Å². The molecular weight excluding hydrogens is 315 g/mol. The maximum absolute atomic E-state index is 11.4. The standard InChI is InChI=1S/C13H12Cl2N4O2/c1-2-3-16-13-12(19(20)21)11(17-7-18-13)8-4-9(14)6-10(15)5-8/h4-7H,2-3H2,1H3,(H,16,17,18). The Morgan fingerprint density at radius 3 is 2.48 bits per heavy atom. The number of nitrogens with one attached hydrogen (secondary N) is 1. The second-order valence-corrected chi connectivity index (χ2v) is 5.13. The number of nitro groups is 1. The summed E-state index contributed by atoms with van der Waals surface area (Å²) in [6.45, 7) is 2.53. The number of halogens is 2. The second kappa shape index (κ2) is 6.69. The molecule has 110 valence electrons. The van der Waals surface area contributed by atoms with E-state index in [4.69, 9.17) is 23.2 Å². The lowest BCUT2D eigenvalue weighted by Gasteiger charge is -2.08. The van der Waals surface area contributed by atoms with E-state index in [-0.39, 0.29) is 17.2 Å². The van der Waals surface area contributed by atoms with Crippen molar-refractivity contribution in [3.63, 3.8) is 0 Å². The molecule has 6 nitrogen and oxygen atoms in total. The summed E-state index contributed by atoms with van der Waals surface area (Å²) < 4.78 is 0. The van der Waals surface area contributed by atoms with Crippen LogP contribution in [0.4, 0.5) is 11.5 Å². The van der Waals surface area contributed by atoms with E-state index in [1.165, 1.54) is 6.33 Å². The average Bonchev–Trinajstić information content (AvgIpc) is 2.43. The van der Waals surface area contributed by atoms with E-state index in [9.17, 15) is 10.1 Å². The van der Waals surface area contributed by atoms with Crippen LogP contribution in [0.1, 0.15) is 13.3 Å². The van der Waals surface area contributed by atoms with Gasteiger partial charge in [0.05, 0.1) is 4.92 Å². The van der Waals surface area contributed by atoms with Crippen molar-refractivity contribution in [2.45, 2.75) is 13.3 Å². The molecule has 0 atom stereocenters. The summed E-state index contributed by atoms with van der Waals surface area (Å²) >= 11 is 11.9. The molecule has 0 aliphatic carbocycles. The molecule has 0 radical (unpaired) electrons. The first-order valence-electron chi connectivity index (χ1n) is 6.22. The summed E-state index contributed by atoms with van der Waals surface area (Å²) in [5, 5.41) is 15.1. The van der Waals surface area contributed by atoms with Crippen LogP contribution in [0.25, 0.3) is 11.3 Å². The Labute approximate surface area is 131 Å². The fourth-order valence-corrected chi connectivity index (χ4v) is 2.35. The zero-order valence-corrected chi connectivity index (χ0v) is 12.6. The molecule has 0 amide bonds. The molecule has 0 spiro atoms. The maximum atomic E-state index is 11.4. The molecule has 0 unspecified atom stereocenters. The fourth-order valence-electron chi connectivity index (χ4n) is 1.83. The van der Waals surface area contributed by atoms with Crippen molar-refractivity contribution in [1.29, 1.82) is 0 Å². The number of anilines is 1.